The van der Waals surface area contributed by atoms with Crippen LogP contribution in [0.5, 0.6) is 0 Å². The highest BCUT2D eigenvalue weighted by atomic mass is 35.5. The van der Waals surface area contributed by atoms with Crippen molar-refractivity contribution in [2.75, 3.05) is 31.1 Å². The van der Waals surface area contributed by atoms with Gasteiger partial charge in [0.2, 0.25) is 5.95 Å². The van der Waals surface area contributed by atoms with Gasteiger partial charge in [0.1, 0.15) is 0 Å². The molecule has 0 atom stereocenters. The van der Waals surface area contributed by atoms with Crippen molar-refractivity contribution in [3.05, 3.63) is 50.1 Å². The second-order valence-electron chi connectivity index (χ2n) is 8.07. The van der Waals surface area contributed by atoms with Gasteiger partial charge in [0.15, 0.2) is 11.2 Å². The monoisotopic (exact) mass is 428 g/mol. The molecule has 0 aliphatic carbocycles. The first-order valence-corrected chi connectivity index (χ1v) is 10.9. The van der Waals surface area contributed by atoms with Crippen molar-refractivity contribution in [3.63, 3.8) is 0 Å². The predicted molar refractivity (Wildman–Crippen MR) is 118 cm³/mol. The van der Waals surface area contributed by atoms with Crippen molar-refractivity contribution in [1.29, 1.82) is 0 Å². The number of halogens is 1. The lowest BCUT2D eigenvalue weighted by Gasteiger charge is -2.26. The first-order valence-electron chi connectivity index (χ1n) is 10.5. The number of aryl methyl sites for hydroxylation is 1. The molecule has 1 aromatic carbocycles. The van der Waals surface area contributed by atoms with Crippen LogP contribution in [-0.2, 0) is 20.1 Å². The lowest BCUT2D eigenvalue weighted by Crippen LogP contribution is -2.43. The molecule has 0 unspecified atom stereocenters. The summed E-state index contributed by atoms with van der Waals surface area (Å²) in [5.74, 6) is 0.674. The van der Waals surface area contributed by atoms with Crippen molar-refractivity contribution in [2.45, 2.75) is 32.4 Å². The van der Waals surface area contributed by atoms with Crippen LogP contribution in [0.15, 0.2) is 33.9 Å². The fourth-order valence-electron chi connectivity index (χ4n) is 4.59. The molecule has 5 rings (SSSR count). The Hall–Kier alpha value is -2.58. The molecular formula is C21H25ClN6O2. The molecule has 2 aliphatic rings. The number of likely N-dealkylation sites (tertiary alicyclic amines) is 1. The maximum Gasteiger partial charge on any atom is 0.332 e. The van der Waals surface area contributed by atoms with Crippen LogP contribution in [0.2, 0.25) is 5.02 Å². The van der Waals surface area contributed by atoms with Crippen molar-refractivity contribution < 1.29 is 0 Å². The molecular weight excluding hydrogens is 404 g/mol. The molecule has 4 heterocycles. The van der Waals surface area contributed by atoms with E-state index in [1.807, 2.05) is 33.7 Å². The molecule has 0 amide bonds. The topological polar surface area (TPSA) is 68.3 Å². The zero-order valence-corrected chi connectivity index (χ0v) is 17.8. The molecule has 30 heavy (non-hydrogen) atoms. The number of aromatic nitrogens is 4. The molecule has 3 aromatic rings. The van der Waals surface area contributed by atoms with Crippen LogP contribution >= 0.6 is 11.6 Å². The van der Waals surface area contributed by atoms with Crippen LogP contribution in [0.1, 0.15) is 19.3 Å². The van der Waals surface area contributed by atoms with Crippen molar-refractivity contribution in [1.82, 2.24) is 23.6 Å². The lowest BCUT2D eigenvalue weighted by atomic mass is 10.1. The molecule has 1 saturated heterocycles. The third kappa shape index (κ3) is 3.15. The number of nitrogens with zero attached hydrogens (tertiary/aromatic N) is 6. The Kier molecular flexibility index (Phi) is 4.91. The second kappa shape index (κ2) is 7.59. The summed E-state index contributed by atoms with van der Waals surface area (Å²) in [6, 6.07) is 7.57. The summed E-state index contributed by atoms with van der Waals surface area (Å²) in [4.78, 5) is 35.3. The Labute approximate surface area is 178 Å². The van der Waals surface area contributed by atoms with E-state index >= 15 is 0 Å². The average molecular weight is 429 g/mol. The van der Waals surface area contributed by atoms with E-state index in [9.17, 15) is 9.59 Å². The molecule has 0 spiro atoms. The standard InChI is InChI=1S/C21H25ClN6O2/c1-24-18-17(19(29)28(21(24)30)11-10-25-8-3-2-4-9-25)27-13-12-26(20(27)23-18)16-7-5-6-15(22)14-16/h5-7,14H,2-4,8-13H2,1H3. The molecule has 0 bridgehead atoms. The van der Waals surface area contributed by atoms with Gasteiger partial charge in [-0.1, -0.05) is 24.1 Å². The van der Waals surface area contributed by atoms with Crippen LogP contribution < -0.4 is 16.1 Å². The maximum atomic E-state index is 13.3. The summed E-state index contributed by atoms with van der Waals surface area (Å²) in [7, 11) is 1.69. The molecule has 9 heteroatoms. The molecule has 2 aromatic heterocycles. The Morgan fingerprint density at radius 2 is 1.83 bits per heavy atom. The average Bonchev–Trinajstić information content (AvgIpc) is 3.32. The fraction of sp³-hybridized carbons (Fsp3) is 0.476. The van der Waals surface area contributed by atoms with Gasteiger partial charge >= 0.3 is 5.69 Å². The molecule has 1 fully saturated rings. The molecule has 0 N–H and O–H groups in total. The minimum atomic E-state index is -0.310. The van der Waals surface area contributed by atoms with E-state index in [2.05, 4.69) is 9.88 Å². The van der Waals surface area contributed by atoms with Gasteiger partial charge in [-0.3, -0.25) is 13.9 Å². The zero-order chi connectivity index (χ0) is 20.8. The number of fused-ring (bicyclic) bond motifs is 3. The van der Waals surface area contributed by atoms with Gasteiger partial charge < -0.3 is 14.4 Å². The number of rotatable bonds is 4. The van der Waals surface area contributed by atoms with E-state index in [-0.39, 0.29) is 11.2 Å². The predicted octanol–water partition coefficient (Wildman–Crippen LogP) is 2.19. The van der Waals surface area contributed by atoms with Gasteiger partial charge in [0, 0.05) is 43.9 Å². The van der Waals surface area contributed by atoms with Crippen molar-refractivity contribution in [3.8, 4) is 0 Å². The number of benzene rings is 1. The summed E-state index contributed by atoms with van der Waals surface area (Å²) in [5, 5.41) is 0.648. The molecule has 2 aliphatic heterocycles. The summed E-state index contributed by atoms with van der Waals surface area (Å²) in [6.07, 6.45) is 3.62. The third-order valence-electron chi connectivity index (χ3n) is 6.21. The molecule has 158 valence electrons. The Morgan fingerprint density at radius 1 is 1.03 bits per heavy atom. The number of hydrogen-bond donors (Lipinski definition) is 0. The van der Waals surface area contributed by atoms with Crippen LogP contribution in [0.25, 0.3) is 11.2 Å². The van der Waals surface area contributed by atoms with Crippen LogP contribution in [0, 0.1) is 0 Å². The largest absolute Gasteiger partial charge is 0.332 e. The maximum absolute atomic E-state index is 13.3. The van der Waals surface area contributed by atoms with Crippen LogP contribution in [0.3, 0.4) is 0 Å². The SMILES string of the molecule is Cn1c(=O)n(CCN2CCCCC2)c(=O)c2c1nc1n2CCN1c1cccc(Cl)c1. The van der Waals surface area contributed by atoms with Gasteiger partial charge in [-0.25, -0.2) is 4.79 Å². The molecule has 0 saturated carbocycles. The van der Waals surface area contributed by atoms with Crippen LogP contribution in [-0.4, -0.2) is 49.8 Å². The van der Waals surface area contributed by atoms with Gasteiger partial charge in [0.25, 0.3) is 5.56 Å². The number of hydrogen-bond acceptors (Lipinski definition) is 5. The second-order valence-corrected chi connectivity index (χ2v) is 8.50. The highest BCUT2D eigenvalue weighted by Crippen LogP contribution is 2.32. The summed E-state index contributed by atoms with van der Waals surface area (Å²) >= 11 is 6.16. The number of anilines is 2. The van der Waals surface area contributed by atoms with Gasteiger partial charge in [-0.2, -0.15) is 4.98 Å². The molecule has 0 radical (unpaired) electrons. The van der Waals surface area contributed by atoms with E-state index in [0.717, 1.165) is 25.3 Å². The van der Waals surface area contributed by atoms with Gasteiger partial charge in [0.05, 0.1) is 0 Å². The zero-order valence-electron chi connectivity index (χ0n) is 17.1. The minimum absolute atomic E-state index is 0.253. The number of piperidine rings is 1. The van der Waals surface area contributed by atoms with Crippen molar-refractivity contribution in [2.24, 2.45) is 7.05 Å². The van der Waals surface area contributed by atoms with E-state index in [1.165, 1.54) is 28.4 Å². The third-order valence-corrected chi connectivity index (χ3v) is 6.44. The normalized spacial score (nSPS) is 17.1. The number of imidazole rings is 1. The Bertz CT molecular complexity index is 1220. The Morgan fingerprint density at radius 3 is 2.60 bits per heavy atom. The van der Waals surface area contributed by atoms with E-state index in [1.54, 1.807) is 7.05 Å². The summed E-state index contributed by atoms with van der Waals surface area (Å²) < 4.78 is 4.79. The summed E-state index contributed by atoms with van der Waals surface area (Å²) in [5.41, 5.74) is 1.29. The van der Waals surface area contributed by atoms with E-state index in [0.29, 0.717) is 41.8 Å². The van der Waals surface area contributed by atoms with Gasteiger partial charge in [-0.15, -0.1) is 0 Å². The fourth-order valence-corrected chi connectivity index (χ4v) is 4.77. The van der Waals surface area contributed by atoms with Crippen molar-refractivity contribution >= 4 is 34.4 Å². The van der Waals surface area contributed by atoms with E-state index < -0.39 is 0 Å². The Balaban J connectivity index is 1.56. The quantitative estimate of drug-likeness (QED) is 0.637. The van der Waals surface area contributed by atoms with E-state index in [4.69, 9.17) is 11.6 Å². The smallest absolute Gasteiger partial charge is 0.310 e. The highest BCUT2D eigenvalue weighted by molar-refractivity contribution is 6.30. The minimum Gasteiger partial charge on any atom is -0.310 e. The van der Waals surface area contributed by atoms with Gasteiger partial charge in [-0.05, 0) is 44.1 Å². The van der Waals surface area contributed by atoms with Crippen LogP contribution in [0.4, 0.5) is 11.6 Å². The lowest BCUT2D eigenvalue weighted by molar-refractivity contribution is 0.218. The highest BCUT2D eigenvalue weighted by Gasteiger charge is 2.29. The molecule has 8 nitrogen and oxygen atoms in total. The first-order chi connectivity index (χ1) is 14.5. The summed E-state index contributed by atoms with van der Waals surface area (Å²) in [6.45, 7) is 4.53. The first kappa shape index (κ1) is 19.4.